The van der Waals surface area contributed by atoms with Crippen LogP contribution in [-0.4, -0.2) is 24.9 Å². The molecule has 8 nitrogen and oxygen atoms in total. The van der Waals surface area contributed by atoms with Gasteiger partial charge in [-0.1, -0.05) is 12.6 Å². The Kier molecular flexibility index (Phi) is 5.94. The van der Waals surface area contributed by atoms with E-state index in [0.29, 0.717) is 17.1 Å². The summed E-state index contributed by atoms with van der Waals surface area (Å²) in [4.78, 5) is 11.9. The maximum Gasteiger partial charge on any atom is 0.218 e. The fourth-order valence-corrected chi connectivity index (χ4v) is 1.53. The van der Waals surface area contributed by atoms with Crippen molar-refractivity contribution in [2.45, 2.75) is 13.8 Å². The van der Waals surface area contributed by atoms with Crippen molar-refractivity contribution in [2.75, 3.05) is 12.4 Å². The number of guanidine groups is 3. The number of nitrogens with one attached hydrogen (secondary N) is 2. The van der Waals surface area contributed by atoms with Crippen molar-refractivity contribution in [3.05, 3.63) is 36.0 Å². The van der Waals surface area contributed by atoms with Crippen LogP contribution in [0.5, 0.6) is 0 Å². The van der Waals surface area contributed by atoms with Crippen molar-refractivity contribution in [1.29, 1.82) is 0 Å². The zero-order valence-electron chi connectivity index (χ0n) is 13.0. The highest BCUT2D eigenvalue weighted by Crippen LogP contribution is 2.22. The Balaban J connectivity index is 3.00. The topological polar surface area (TPSA) is 139 Å². The Labute approximate surface area is 129 Å². The van der Waals surface area contributed by atoms with Crippen LogP contribution in [0.2, 0.25) is 0 Å². The molecule has 0 aliphatic carbocycles. The molecule has 118 valence electrons. The monoisotopic (exact) mass is 302 g/mol. The van der Waals surface area contributed by atoms with Gasteiger partial charge in [0.05, 0.1) is 5.69 Å². The van der Waals surface area contributed by atoms with E-state index in [1.54, 1.807) is 13.0 Å². The molecule has 0 saturated heterocycles. The van der Waals surface area contributed by atoms with Gasteiger partial charge in [-0.2, -0.15) is 4.99 Å². The molecule has 22 heavy (non-hydrogen) atoms. The van der Waals surface area contributed by atoms with Gasteiger partial charge in [-0.3, -0.25) is 4.99 Å². The molecule has 0 aliphatic heterocycles. The zero-order chi connectivity index (χ0) is 16.7. The maximum atomic E-state index is 5.79. The third-order valence-electron chi connectivity index (χ3n) is 2.53. The Morgan fingerprint density at radius 1 is 1.18 bits per heavy atom. The quantitative estimate of drug-likeness (QED) is 0.414. The van der Waals surface area contributed by atoms with Crippen LogP contribution in [0.15, 0.2) is 45.5 Å². The molecule has 1 aromatic carbocycles. The van der Waals surface area contributed by atoms with E-state index in [0.717, 1.165) is 5.56 Å². The van der Waals surface area contributed by atoms with Gasteiger partial charge in [0.2, 0.25) is 11.9 Å². The average Bonchev–Trinajstić information content (AvgIpc) is 2.41. The number of rotatable bonds is 3. The predicted octanol–water partition coefficient (Wildman–Crippen LogP) is 0.736. The Morgan fingerprint density at radius 2 is 1.86 bits per heavy atom. The van der Waals surface area contributed by atoms with Crippen molar-refractivity contribution in [1.82, 2.24) is 5.32 Å². The van der Waals surface area contributed by atoms with Crippen molar-refractivity contribution < 1.29 is 0 Å². The fourth-order valence-electron chi connectivity index (χ4n) is 1.53. The van der Waals surface area contributed by atoms with E-state index in [9.17, 15) is 0 Å². The number of hydrogen-bond donors (Lipinski definition) is 5. The molecular weight excluding hydrogens is 280 g/mol. The van der Waals surface area contributed by atoms with Crippen LogP contribution in [-0.2, 0) is 0 Å². The first-order valence-electron chi connectivity index (χ1n) is 6.52. The smallest absolute Gasteiger partial charge is 0.218 e. The summed E-state index contributed by atoms with van der Waals surface area (Å²) in [6, 6.07) is 5.53. The van der Waals surface area contributed by atoms with Gasteiger partial charge < -0.3 is 27.8 Å². The minimum atomic E-state index is 0.0882. The number of nitrogens with two attached hydrogens (primary N) is 3. The molecule has 0 heterocycles. The van der Waals surface area contributed by atoms with Crippen molar-refractivity contribution in [3.8, 4) is 0 Å². The maximum absolute atomic E-state index is 5.79. The molecule has 0 aliphatic rings. The zero-order valence-corrected chi connectivity index (χ0v) is 13.0. The third kappa shape index (κ3) is 5.53. The molecule has 0 spiro atoms. The Morgan fingerprint density at radius 3 is 2.45 bits per heavy atom. The highest BCUT2D eigenvalue weighted by atomic mass is 15.2. The van der Waals surface area contributed by atoms with Crippen molar-refractivity contribution in [2.24, 2.45) is 32.2 Å². The van der Waals surface area contributed by atoms with Gasteiger partial charge in [-0.05, 0) is 31.5 Å². The third-order valence-corrected chi connectivity index (χ3v) is 2.53. The molecule has 1 aromatic rings. The molecule has 0 atom stereocenters. The summed E-state index contributed by atoms with van der Waals surface area (Å²) in [7, 11) is 1.53. The van der Waals surface area contributed by atoms with Gasteiger partial charge >= 0.3 is 0 Å². The van der Waals surface area contributed by atoms with Crippen LogP contribution >= 0.6 is 0 Å². The molecular formula is C14H22N8. The van der Waals surface area contributed by atoms with E-state index in [1.807, 2.05) is 19.1 Å². The lowest BCUT2D eigenvalue weighted by atomic mass is 10.2. The van der Waals surface area contributed by atoms with Crippen LogP contribution in [0.3, 0.4) is 0 Å². The van der Waals surface area contributed by atoms with Crippen molar-refractivity contribution in [3.63, 3.8) is 0 Å². The van der Waals surface area contributed by atoms with Gasteiger partial charge in [0.15, 0.2) is 5.96 Å². The van der Waals surface area contributed by atoms with Crippen LogP contribution in [0, 0.1) is 6.92 Å². The van der Waals surface area contributed by atoms with Crippen molar-refractivity contribution >= 4 is 29.3 Å². The summed E-state index contributed by atoms with van der Waals surface area (Å²) in [6.07, 6.45) is 0. The highest BCUT2D eigenvalue weighted by molar-refractivity contribution is 6.00. The number of aryl methyl sites for hydroxylation is 1. The van der Waals surface area contributed by atoms with Gasteiger partial charge in [-0.15, -0.1) is 0 Å². The summed E-state index contributed by atoms with van der Waals surface area (Å²) in [5.41, 5.74) is 20.1. The summed E-state index contributed by atoms with van der Waals surface area (Å²) in [5, 5.41) is 5.75. The Hall–Kier alpha value is -3.03. The second kappa shape index (κ2) is 7.67. The molecule has 0 radical (unpaired) electrons. The highest BCUT2D eigenvalue weighted by Gasteiger charge is 2.02. The first-order valence-corrected chi connectivity index (χ1v) is 6.52. The van der Waals surface area contributed by atoms with Gasteiger partial charge in [0.1, 0.15) is 0 Å². The number of benzene rings is 1. The molecule has 0 saturated carbocycles. The lowest BCUT2D eigenvalue weighted by molar-refractivity contribution is 1.10. The second-order valence-electron chi connectivity index (χ2n) is 4.61. The Bertz CT molecular complexity index is 642. The van der Waals surface area contributed by atoms with E-state index >= 15 is 0 Å². The molecule has 0 amide bonds. The average molecular weight is 302 g/mol. The van der Waals surface area contributed by atoms with Gasteiger partial charge in [0, 0.05) is 18.4 Å². The number of nitrogens with zero attached hydrogens (tertiary/aromatic N) is 3. The van der Waals surface area contributed by atoms with Crippen LogP contribution in [0.1, 0.15) is 12.5 Å². The second-order valence-corrected chi connectivity index (χ2v) is 4.61. The lowest BCUT2D eigenvalue weighted by Crippen LogP contribution is -2.29. The predicted molar refractivity (Wildman–Crippen MR) is 93.2 cm³/mol. The summed E-state index contributed by atoms with van der Waals surface area (Å²) < 4.78 is 0. The van der Waals surface area contributed by atoms with E-state index in [2.05, 4.69) is 32.2 Å². The van der Waals surface area contributed by atoms with Crippen LogP contribution in [0.25, 0.3) is 0 Å². The SMILES string of the molecule is C=C(C)NC(N)=Nc1cc(NC(N)=NC(N)=NC)ccc1C. The van der Waals surface area contributed by atoms with Crippen LogP contribution in [0.4, 0.5) is 11.4 Å². The fraction of sp³-hybridized carbons (Fsp3) is 0.214. The lowest BCUT2D eigenvalue weighted by Gasteiger charge is -2.09. The standard InChI is InChI=1S/C14H22N8/c1-8(2)19-13(16)21-11-7-10(6-5-9(11)3)20-14(17)22-12(15)18-4/h5-7H,1H2,2-4H3,(H3,16,19,21)(H5,15,17,18,20,22). The number of allylic oxidation sites excluding steroid dienone is 1. The minimum Gasteiger partial charge on any atom is -0.369 e. The normalized spacial score (nSPS) is 13.0. The summed E-state index contributed by atoms with van der Waals surface area (Å²) in [6.45, 7) is 7.43. The molecule has 0 unspecified atom stereocenters. The number of anilines is 1. The molecule has 0 fully saturated rings. The summed E-state index contributed by atoms with van der Waals surface area (Å²) >= 11 is 0. The molecule has 1 rings (SSSR count). The van der Waals surface area contributed by atoms with E-state index in [-0.39, 0.29) is 17.9 Å². The van der Waals surface area contributed by atoms with E-state index in [1.165, 1.54) is 7.05 Å². The number of hydrogen-bond acceptors (Lipinski definition) is 2. The molecule has 8 N–H and O–H groups in total. The molecule has 0 bridgehead atoms. The van der Waals surface area contributed by atoms with E-state index in [4.69, 9.17) is 17.2 Å². The number of aliphatic imine (C=N–C) groups is 3. The summed E-state index contributed by atoms with van der Waals surface area (Å²) in [5.74, 6) is 0.483. The van der Waals surface area contributed by atoms with E-state index < -0.39 is 0 Å². The first kappa shape index (κ1) is 17.0. The van der Waals surface area contributed by atoms with Crippen LogP contribution < -0.4 is 27.8 Å². The molecule has 8 heteroatoms. The molecule has 0 aromatic heterocycles. The van der Waals surface area contributed by atoms with Gasteiger partial charge in [-0.25, -0.2) is 4.99 Å². The first-order chi connectivity index (χ1) is 10.3. The minimum absolute atomic E-state index is 0.0882. The van der Waals surface area contributed by atoms with Gasteiger partial charge in [0.25, 0.3) is 0 Å². The largest absolute Gasteiger partial charge is 0.369 e.